The smallest absolute Gasteiger partial charge is 0.320 e. The van der Waals surface area contributed by atoms with E-state index in [1.807, 2.05) is 53.6 Å². The van der Waals surface area contributed by atoms with Crippen LogP contribution in [0.2, 0.25) is 10.0 Å². The molecule has 19 nitrogen and oxygen atoms in total. The molecular weight excluding hydrogens is 1120 g/mol. The lowest BCUT2D eigenvalue weighted by Gasteiger charge is -2.50. The highest BCUT2D eigenvalue weighted by molar-refractivity contribution is 8.00. The SMILES string of the molecule is CC[C@H]1OC(=O)C(C)[C@@H](OC2CC(C)(OC)[C@@H](O)C(C)O2)[C@H](C)[C@@H](OC2OC(C)CC(N(C)C)[C@H]2O)C(C)(OC)C[C@@H](C)C(=O)C(C)C2C(SCCN(C(=O)c3c(Cl)cncc3Cl)c3ccc(OC)c(OC4CCCC4)c3)C(=O)O[C@@]21C. The zero-order valence-electron chi connectivity index (χ0n) is 50.4. The minimum Gasteiger partial charge on any atom is -0.493 e. The molecule has 1 aliphatic carbocycles. The molecule has 0 bridgehead atoms. The quantitative estimate of drug-likeness (QED) is 0.141. The number of carbonyl (C=O) groups is 4. The first-order valence-corrected chi connectivity index (χ1v) is 30.8. The molecule has 5 heterocycles. The first-order chi connectivity index (χ1) is 38.7. The summed E-state index contributed by atoms with van der Waals surface area (Å²) in [5.74, 6) is -5.30. The molecule has 1 saturated carbocycles. The van der Waals surface area contributed by atoms with E-state index in [1.54, 1.807) is 59.9 Å². The number of pyridine rings is 1. The van der Waals surface area contributed by atoms with E-state index in [-0.39, 0.29) is 71.2 Å². The third kappa shape index (κ3) is 13.9. The van der Waals surface area contributed by atoms with E-state index < -0.39 is 119 Å². The van der Waals surface area contributed by atoms with Crippen LogP contribution >= 0.6 is 35.0 Å². The number of carbonyl (C=O) groups excluding carboxylic acids is 4. The van der Waals surface area contributed by atoms with Gasteiger partial charge in [0.2, 0.25) is 0 Å². The fourth-order valence-electron chi connectivity index (χ4n) is 13.4. The third-order valence-electron chi connectivity index (χ3n) is 18.2. The number of ether oxygens (including phenoxy) is 10. The van der Waals surface area contributed by atoms with Crippen molar-refractivity contribution in [2.45, 2.75) is 210 Å². The van der Waals surface area contributed by atoms with Crippen molar-refractivity contribution in [3.05, 3.63) is 46.2 Å². The van der Waals surface area contributed by atoms with Gasteiger partial charge in [0.05, 0.1) is 70.4 Å². The van der Waals surface area contributed by atoms with Gasteiger partial charge >= 0.3 is 11.9 Å². The summed E-state index contributed by atoms with van der Waals surface area (Å²) < 4.78 is 64.3. The Morgan fingerprint density at radius 1 is 0.866 bits per heavy atom. The monoisotopic (exact) mass is 1210 g/mol. The molecule has 1 aromatic carbocycles. The van der Waals surface area contributed by atoms with E-state index in [4.69, 9.17) is 70.6 Å². The second-order valence-electron chi connectivity index (χ2n) is 24.2. The van der Waals surface area contributed by atoms with Crippen molar-refractivity contribution in [1.29, 1.82) is 0 Å². The summed E-state index contributed by atoms with van der Waals surface area (Å²) in [4.78, 5) is 67.8. The van der Waals surface area contributed by atoms with E-state index in [2.05, 4.69) is 4.98 Å². The summed E-state index contributed by atoms with van der Waals surface area (Å²) >= 11 is 14.5. The zero-order valence-corrected chi connectivity index (χ0v) is 52.7. The first kappa shape index (κ1) is 66.2. The Labute approximate surface area is 498 Å². The number of Topliss-reactive ketones (excluding diaryl/α,β-unsaturated/α-hetero) is 1. The van der Waals surface area contributed by atoms with Crippen molar-refractivity contribution in [1.82, 2.24) is 9.88 Å². The highest BCUT2D eigenvalue weighted by atomic mass is 35.5. The number of aliphatic hydroxyl groups excluding tert-OH is 2. The topological polar surface area (TPSA) is 220 Å². The minimum absolute atomic E-state index is 0.0237. The lowest BCUT2D eigenvalue weighted by atomic mass is 9.70. The molecule has 4 saturated heterocycles. The largest absolute Gasteiger partial charge is 0.493 e. The summed E-state index contributed by atoms with van der Waals surface area (Å²) in [5.41, 5.74) is -3.49. The van der Waals surface area contributed by atoms with Gasteiger partial charge in [0.15, 0.2) is 29.7 Å². The number of hydrogen-bond acceptors (Lipinski definition) is 19. The number of hydrogen-bond donors (Lipinski definition) is 2. The normalized spacial score (nSPS) is 37.9. The number of likely N-dealkylation sites (N-methyl/N-ethyl adjacent to an activating group) is 1. The molecule has 19 atom stereocenters. The lowest BCUT2D eigenvalue weighted by molar-refractivity contribution is -0.319. The van der Waals surface area contributed by atoms with Crippen LogP contribution in [0, 0.1) is 29.6 Å². The number of anilines is 1. The maximum absolute atomic E-state index is 15.5. The molecule has 460 valence electrons. The molecular formula is C60H89Cl2N3O16S. The van der Waals surface area contributed by atoms with Crippen LogP contribution in [0.25, 0.3) is 0 Å². The number of esters is 2. The first-order valence-electron chi connectivity index (χ1n) is 29.0. The Bertz CT molecular complexity index is 2530. The van der Waals surface area contributed by atoms with E-state index in [0.717, 1.165) is 25.7 Å². The zero-order chi connectivity index (χ0) is 60.3. The fraction of sp³-hybridized carbons (Fsp3) is 0.750. The number of nitrogens with zero attached hydrogens (tertiary/aromatic N) is 3. The Kier molecular flexibility index (Phi) is 22.2. The summed E-state index contributed by atoms with van der Waals surface area (Å²) in [6.45, 7) is 17.9. The molecule has 22 heteroatoms. The Morgan fingerprint density at radius 2 is 1.52 bits per heavy atom. The van der Waals surface area contributed by atoms with Gasteiger partial charge in [0.25, 0.3) is 5.91 Å². The van der Waals surface area contributed by atoms with E-state index in [0.29, 0.717) is 23.6 Å². The third-order valence-corrected chi connectivity index (χ3v) is 20.1. The van der Waals surface area contributed by atoms with Crippen molar-refractivity contribution in [2.24, 2.45) is 29.6 Å². The Hall–Kier alpha value is -3.38. The van der Waals surface area contributed by atoms with Crippen LogP contribution in [-0.4, -0.2) is 181 Å². The molecule has 2 aromatic rings. The lowest BCUT2D eigenvalue weighted by Crippen LogP contribution is -2.61. The standard InChI is InChI=1S/C60H89Cl2N3O16S/c1-16-44-60(10)47(51(56(71)81-60)82-24-23-65(54(69)46-39(61)29-63-30-40(46)62)37-21-22-42(72-13)43(26-37)77-38-19-17-18-20-38)33(4)48(66)31(2)27-59(9,74-15)53(80-57-49(67)41(64(11)12)25-32(3)75-57)34(5)50(35(6)55(70)78-44)79-45-28-58(8,73-14)52(68)36(7)76-45/h21-22,26,29-36,38,41,44-45,47,49-53,57,67-68H,16-20,23-25,27-28H2,1-15H3/t31-,32?,33?,34+,35?,36?,41?,44-,45?,47?,49-,50+,51?,52+,53-,57?,58?,59?,60-/m1/s1. The molecule has 5 aliphatic rings. The minimum atomic E-state index is -1.54. The maximum Gasteiger partial charge on any atom is 0.320 e. The van der Waals surface area contributed by atoms with E-state index >= 15 is 9.59 Å². The fourth-order valence-corrected chi connectivity index (χ4v) is 15.3. The number of ketones is 1. The molecule has 4 aliphatic heterocycles. The Balaban J connectivity index is 1.27. The molecule has 0 spiro atoms. The second kappa shape index (κ2) is 27.5. The van der Waals surface area contributed by atoms with Gasteiger partial charge in [-0.15, -0.1) is 11.8 Å². The molecule has 1 aromatic heterocycles. The van der Waals surface area contributed by atoms with Gasteiger partial charge in [-0.25, -0.2) is 0 Å². The van der Waals surface area contributed by atoms with Gasteiger partial charge in [-0.2, -0.15) is 0 Å². The number of amides is 1. The van der Waals surface area contributed by atoms with Crippen molar-refractivity contribution in [3.63, 3.8) is 0 Å². The van der Waals surface area contributed by atoms with Crippen molar-refractivity contribution in [3.8, 4) is 11.5 Å². The number of benzene rings is 1. The number of aliphatic hydroxyl groups is 2. The van der Waals surface area contributed by atoms with Gasteiger partial charge in [0.1, 0.15) is 29.3 Å². The Morgan fingerprint density at radius 3 is 2.13 bits per heavy atom. The maximum atomic E-state index is 15.5. The number of thioether (sulfide) groups is 1. The van der Waals surface area contributed by atoms with Crippen molar-refractivity contribution < 1.29 is 76.8 Å². The number of fused-ring (bicyclic) bond motifs is 1. The summed E-state index contributed by atoms with van der Waals surface area (Å²) in [6.07, 6.45) is -1.14. The van der Waals surface area contributed by atoms with Crippen LogP contribution < -0.4 is 14.4 Å². The predicted molar refractivity (Wildman–Crippen MR) is 310 cm³/mol. The van der Waals surface area contributed by atoms with E-state index in [1.165, 1.54) is 43.3 Å². The molecule has 1 amide bonds. The van der Waals surface area contributed by atoms with Crippen LogP contribution in [0.3, 0.4) is 0 Å². The molecule has 0 radical (unpaired) electrons. The summed E-state index contributed by atoms with van der Waals surface area (Å²) in [6, 6.07) is 4.88. The van der Waals surface area contributed by atoms with Gasteiger partial charge in [-0.1, -0.05) is 50.9 Å². The number of methoxy groups -OCH3 is 3. The van der Waals surface area contributed by atoms with Crippen LogP contribution in [-0.2, 0) is 52.3 Å². The molecule has 5 fully saturated rings. The second-order valence-corrected chi connectivity index (χ2v) is 26.2. The highest BCUT2D eigenvalue weighted by Crippen LogP contribution is 2.50. The van der Waals surface area contributed by atoms with Gasteiger partial charge in [-0.05, 0) is 113 Å². The van der Waals surface area contributed by atoms with Crippen LogP contribution in [0.1, 0.15) is 131 Å². The number of aromatic nitrogens is 1. The summed E-state index contributed by atoms with van der Waals surface area (Å²) in [7, 11) is 8.35. The van der Waals surface area contributed by atoms with Gasteiger partial charge < -0.3 is 67.4 Å². The molecule has 7 rings (SSSR count). The van der Waals surface area contributed by atoms with Crippen LogP contribution in [0.15, 0.2) is 30.6 Å². The number of cyclic esters (lactones) is 1. The summed E-state index contributed by atoms with van der Waals surface area (Å²) in [5, 5.41) is 22.3. The molecule has 11 unspecified atom stereocenters. The van der Waals surface area contributed by atoms with Gasteiger partial charge in [0, 0.05) is 86.8 Å². The average molecular weight is 1210 g/mol. The van der Waals surface area contributed by atoms with E-state index in [9.17, 15) is 19.8 Å². The molecule has 2 N–H and O–H groups in total. The number of rotatable bonds is 17. The van der Waals surface area contributed by atoms with Gasteiger partial charge in [-0.3, -0.25) is 24.2 Å². The van der Waals surface area contributed by atoms with Crippen LogP contribution in [0.5, 0.6) is 11.5 Å². The van der Waals surface area contributed by atoms with Crippen molar-refractivity contribution in [2.75, 3.05) is 52.6 Å². The predicted octanol–water partition coefficient (Wildman–Crippen LogP) is 8.74. The average Bonchev–Trinajstić information content (AvgIpc) is 3.51. The molecule has 82 heavy (non-hydrogen) atoms. The highest BCUT2D eigenvalue weighted by Gasteiger charge is 2.62. The van der Waals surface area contributed by atoms with Crippen LogP contribution in [0.4, 0.5) is 5.69 Å². The number of halogens is 2. The van der Waals surface area contributed by atoms with Crippen molar-refractivity contribution >= 4 is 64.3 Å².